The molecule has 4 heteroatoms. The van der Waals surface area contributed by atoms with Crippen LogP contribution >= 0.6 is 0 Å². The Morgan fingerprint density at radius 1 is 1.39 bits per heavy atom. The van der Waals surface area contributed by atoms with Crippen molar-refractivity contribution in [1.82, 2.24) is 5.32 Å². The van der Waals surface area contributed by atoms with Crippen molar-refractivity contribution < 1.29 is 14.6 Å². The molecule has 100 valence electrons. The van der Waals surface area contributed by atoms with Gasteiger partial charge in [0.1, 0.15) is 6.61 Å². The zero-order chi connectivity index (χ0) is 13.2. The fourth-order valence-corrected chi connectivity index (χ4v) is 1.59. The van der Waals surface area contributed by atoms with E-state index in [1.807, 2.05) is 30.3 Å². The predicted molar refractivity (Wildman–Crippen MR) is 70.2 cm³/mol. The van der Waals surface area contributed by atoms with Crippen LogP contribution in [0.15, 0.2) is 30.3 Å². The number of carbonyl (C=O) groups excluding carboxylic acids is 1. The van der Waals surface area contributed by atoms with Crippen LogP contribution in [-0.4, -0.2) is 23.8 Å². The van der Waals surface area contributed by atoms with Crippen molar-refractivity contribution in [3.05, 3.63) is 35.9 Å². The Morgan fingerprint density at radius 3 is 2.72 bits per heavy atom. The van der Waals surface area contributed by atoms with Crippen LogP contribution in [-0.2, 0) is 11.3 Å². The highest BCUT2D eigenvalue weighted by molar-refractivity contribution is 5.67. The second-order valence-corrected chi connectivity index (χ2v) is 4.23. The van der Waals surface area contributed by atoms with Crippen LogP contribution in [0.1, 0.15) is 31.7 Å². The number of hydrogen-bond donors (Lipinski definition) is 2. The first-order valence-electron chi connectivity index (χ1n) is 6.34. The number of nitrogens with one attached hydrogen (secondary N) is 1. The molecule has 0 aliphatic heterocycles. The van der Waals surface area contributed by atoms with Gasteiger partial charge in [0, 0.05) is 0 Å². The second kappa shape index (κ2) is 8.53. The van der Waals surface area contributed by atoms with Crippen LogP contribution in [0.2, 0.25) is 0 Å². The molecule has 0 aliphatic rings. The Morgan fingerprint density at radius 2 is 2.11 bits per heavy atom. The van der Waals surface area contributed by atoms with Crippen molar-refractivity contribution in [2.75, 3.05) is 6.61 Å². The van der Waals surface area contributed by atoms with Gasteiger partial charge < -0.3 is 15.2 Å². The molecule has 4 nitrogen and oxygen atoms in total. The summed E-state index contributed by atoms with van der Waals surface area (Å²) in [6.45, 7) is 2.27. The Labute approximate surface area is 108 Å². The molecule has 0 radical (unpaired) electrons. The highest BCUT2D eigenvalue weighted by atomic mass is 16.5. The van der Waals surface area contributed by atoms with E-state index in [0.29, 0.717) is 0 Å². The van der Waals surface area contributed by atoms with E-state index in [2.05, 4.69) is 12.2 Å². The normalized spacial score (nSPS) is 11.9. The van der Waals surface area contributed by atoms with Crippen molar-refractivity contribution in [1.29, 1.82) is 0 Å². The lowest BCUT2D eigenvalue weighted by atomic mass is 10.1. The van der Waals surface area contributed by atoms with E-state index >= 15 is 0 Å². The number of unbranched alkanes of at least 4 members (excludes halogenated alkanes) is 1. The van der Waals surface area contributed by atoms with Crippen LogP contribution in [0.3, 0.4) is 0 Å². The molecule has 1 unspecified atom stereocenters. The minimum absolute atomic E-state index is 0.0551. The van der Waals surface area contributed by atoms with Gasteiger partial charge in [-0.3, -0.25) is 0 Å². The number of ether oxygens (including phenoxy) is 1. The van der Waals surface area contributed by atoms with Gasteiger partial charge in [-0.25, -0.2) is 4.79 Å². The molecule has 0 fully saturated rings. The van der Waals surface area contributed by atoms with Crippen molar-refractivity contribution in [3.8, 4) is 0 Å². The van der Waals surface area contributed by atoms with E-state index in [0.717, 1.165) is 24.8 Å². The first kappa shape index (κ1) is 14.5. The third kappa shape index (κ3) is 5.68. The van der Waals surface area contributed by atoms with Gasteiger partial charge in [0.15, 0.2) is 0 Å². The third-order valence-corrected chi connectivity index (χ3v) is 2.66. The molecule has 0 aliphatic carbocycles. The number of amides is 1. The number of aliphatic hydroxyl groups excluding tert-OH is 1. The van der Waals surface area contributed by atoms with E-state index in [1.165, 1.54) is 0 Å². The van der Waals surface area contributed by atoms with E-state index in [9.17, 15) is 4.79 Å². The summed E-state index contributed by atoms with van der Waals surface area (Å²) in [6, 6.07) is 9.29. The summed E-state index contributed by atoms with van der Waals surface area (Å²) in [5, 5.41) is 11.8. The summed E-state index contributed by atoms with van der Waals surface area (Å²) < 4.78 is 5.08. The molecule has 0 aromatic heterocycles. The highest BCUT2D eigenvalue weighted by Crippen LogP contribution is 2.03. The Balaban J connectivity index is 2.28. The first-order chi connectivity index (χ1) is 8.76. The van der Waals surface area contributed by atoms with Gasteiger partial charge in [-0.2, -0.15) is 0 Å². The second-order valence-electron chi connectivity index (χ2n) is 4.23. The Bertz CT molecular complexity index is 340. The molecule has 1 atom stereocenters. The molecule has 1 amide bonds. The van der Waals surface area contributed by atoms with Crippen LogP contribution in [0.25, 0.3) is 0 Å². The zero-order valence-corrected chi connectivity index (χ0v) is 10.8. The molecular weight excluding hydrogens is 230 g/mol. The molecule has 2 N–H and O–H groups in total. The van der Waals surface area contributed by atoms with Crippen molar-refractivity contribution in [3.63, 3.8) is 0 Å². The fourth-order valence-electron chi connectivity index (χ4n) is 1.59. The molecular formula is C14H21NO3. The summed E-state index contributed by atoms with van der Waals surface area (Å²) in [5.74, 6) is 0. The SMILES string of the molecule is CCCCC(CO)NC(=O)OCc1ccccc1. The van der Waals surface area contributed by atoms with Gasteiger partial charge in [-0.05, 0) is 12.0 Å². The van der Waals surface area contributed by atoms with Gasteiger partial charge in [0.25, 0.3) is 0 Å². The topological polar surface area (TPSA) is 58.6 Å². The molecule has 0 saturated heterocycles. The maximum atomic E-state index is 11.5. The number of alkyl carbamates (subject to hydrolysis) is 1. The lowest BCUT2D eigenvalue weighted by Gasteiger charge is -2.15. The fraction of sp³-hybridized carbons (Fsp3) is 0.500. The largest absolute Gasteiger partial charge is 0.445 e. The molecule has 1 aromatic rings. The molecule has 0 bridgehead atoms. The van der Waals surface area contributed by atoms with Gasteiger partial charge in [-0.1, -0.05) is 50.1 Å². The quantitative estimate of drug-likeness (QED) is 0.782. The summed E-state index contributed by atoms with van der Waals surface area (Å²) in [6.07, 6.45) is 2.31. The summed E-state index contributed by atoms with van der Waals surface area (Å²) in [7, 11) is 0. The summed E-state index contributed by atoms with van der Waals surface area (Å²) in [4.78, 5) is 11.5. The monoisotopic (exact) mass is 251 g/mol. The first-order valence-corrected chi connectivity index (χ1v) is 6.34. The molecule has 1 rings (SSSR count). The average Bonchev–Trinajstić information content (AvgIpc) is 2.42. The Kier molecular flexibility index (Phi) is 6.87. The average molecular weight is 251 g/mol. The molecule has 0 saturated carbocycles. The zero-order valence-electron chi connectivity index (χ0n) is 10.8. The minimum atomic E-state index is -0.478. The maximum absolute atomic E-state index is 11.5. The summed E-state index contributed by atoms with van der Waals surface area (Å²) in [5.41, 5.74) is 0.946. The van der Waals surface area contributed by atoms with E-state index in [-0.39, 0.29) is 19.3 Å². The molecule has 0 heterocycles. The van der Waals surface area contributed by atoms with Crippen LogP contribution in [0, 0.1) is 0 Å². The number of aliphatic hydroxyl groups is 1. The summed E-state index contributed by atoms with van der Waals surface area (Å²) >= 11 is 0. The number of benzene rings is 1. The maximum Gasteiger partial charge on any atom is 0.407 e. The molecule has 0 spiro atoms. The highest BCUT2D eigenvalue weighted by Gasteiger charge is 2.11. The van der Waals surface area contributed by atoms with Gasteiger partial charge in [0.05, 0.1) is 12.6 Å². The molecule has 1 aromatic carbocycles. The van der Waals surface area contributed by atoms with Crippen LogP contribution in [0.4, 0.5) is 4.79 Å². The lowest BCUT2D eigenvalue weighted by molar-refractivity contribution is 0.128. The standard InChI is InChI=1S/C14H21NO3/c1-2-3-9-13(10-16)15-14(17)18-11-12-7-5-4-6-8-12/h4-8,13,16H,2-3,9-11H2,1H3,(H,15,17). The number of rotatable bonds is 7. The number of hydrogen-bond acceptors (Lipinski definition) is 3. The number of carbonyl (C=O) groups is 1. The minimum Gasteiger partial charge on any atom is -0.445 e. The van der Waals surface area contributed by atoms with Crippen molar-refractivity contribution in [2.24, 2.45) is 0 Å². The van der Waals surface area contributed by atoms with Crippen LogP contribution < -0.4 is 5.32 Å². The third-order valence-electron chi connectivity index (χ3n) is 2.66. The van der Waals surface area contributed by atoms with Crippen LogP contribution in [0.5, 0.6) is 0 Å². The van der Waals surface area contributed by atoms with Gasteiger partial charge in [0.2, 0.25) is 0 Å². The van der Waals surface area contributed by atoms with Crippen molar-refractivity contribution in [2.45, 2.75) is 38.8 Å². The smallest absolute Gasteiger partial charge is 0.407 e. The van der Waals surface area contributed by atoms with Crippen molar-refractivity contribution >= 4 is 6.09 Å². The van der Waals surface area contributed by atoms with E-state index in [1.54, 1.807) is 0 Å². The van der Waals surface area contributed by atoms with E-state index < -0.39 is 6.09 Å². The van der Waals surface area contributed by atoms with Gasteiger partial charge in [-0.15, -0.1) is 0 Å². The Hall–Kier alpha value is -1.55. The predicted octanol–water partition coefficient (Wildman–Crippen LogP) is 2.46. The van der Waals surface area contributed by atoms with Gasteiger partial charge >= 0.3 is 6.09 Å². The van der Waals surface area contributed by atoms with E-state index in [4.69, 9.17) is 9.84 Å². The molecule has 18 heavy (non-hydrogen) atoms. The lowest BCUT2D eigenvalue weighted by Crippen LogP contribution is -2.37.